The summed E-state index contributed by atoms with van der Waals surface area (Å²) in [6, 6.07) is 0. The fourth-order valence-electron chi connectivity index (χ4n) is 0.493. The van der Waals surface area contributed by atoms with E-state index < -0.39 is 0 Å². The quantitative estimate of drug-likeness (QED) is 0.603. The number of hydrogen-bond donors (Lipinski definition) is 1. The van der Waals surface area contributed by atoms with E-state index in [1.54, 1.807) is 0 Å². The van der Waals surface area contributed by atoms with Gasteiger partial charge in [0.15, 0.2) is 0 Å². The molecule has 9 heavy (non-hydrogen) atoms. The van der Waals surface area contributed by atoms with Gasteiger partial charge in [-0.2, -0.15) is 0 Å². The minimum absolute atomic E-state index is 0. The molecule has 58 valence electrons. The van der Waals surface area contributed by atoms with Gasteiger partial charge in [0, 0.05) is 13.2 Å². The zero-order valence-electron chi connectivity index (χ0n) is 5.93. The topological polar surface area (TPSA) is 35.2 Å². The van der Waals surface area contributed by atoms with Crippen molar-refractivity contribution in [3.8, 4) is 0 Å². The Labute approximate surface area is 63.2 Å². The van der Waals surface area contributed by atoms with Crippen molar-refractivity contribution >= 4 is 12.4 Å². The Balaban J connectivity index is 0. The average Bonchev–Trinajstić information content (AvgIpc) is 1.81. The molecule has 0 radical (unpaired) electrons. The van der Waals surface area contributed by atoms with Crippen LogP contribution in [0.15, 0.2) is 0 Å². The second-order valence-electron chi connectivity index (χ2n) is 1.69. The Kier molecular flexibility index (Phi) is 14.7. The summed E-state index contributed by atoms with van der Waals surface area (Å²) in [5.41, 5.74) is 5.26. The maximum atomic E-state index is 5.26. The molecule has 0 saturated carbocycles. The largest absolute Gasteiger partial charge is 0.382 e. The molecule has 2 nitrogen and oxygen atoms in total. The van der Waals surface area contributed by atoms with E-state index in [1.165, 1.54) is 0 Å². The van der Waals surface area contributed by atoms with Crippen molar-refractivity contribution < 1.29 is 4.74 Å². The SMILES string of the molecule is CCOCCCCN.Cl. The van der Waals surface area contributed by atoms with Gasteiger partial charge in [-0.05, 0) is 26.3 Å². The molecule has 0 saturated heterocycles. The number of hydrogen-bond acceptors (Lipinski definition) is 2. The van der Waals surface area contributed by atoms with Crippen molar-refractivity contribution in [2.24, 2.45) is 5.73 Å². The van der Waals surface area contributed by atoms with E-state index in [0.717, 1.165) is 32.6 Å². The van der Waals surface area contributed by atoms with E-state index in [2.05, 4.69) is 0 Å². The van der Waals surface area contributed by atoms with Gasteiger partial charge in [-0.1, -0.05) is 0 Å². The summed E-state index contributed by atoms with van der Waals surface area (Å²) >= 11 is 0. The summed E-state index contributed by atoms with van der Waals surface area (Å²) in [6.07, 6.45) is 2.18. The lowest BCUT2D eigenvalue weighted by atomic mass is 10.3. The maximum absolute atomic E-state index is 5.26. The van der Waals surface area contributed by atoms with Gasteiger partial charge in [-0.25, -0.2) is 0 Å². The van der Waals surface area contributed by atoms with E-state index in [9.17, 15) is 0 Å². The summed E-state index contributed by atoms with van der Waals surface area (Å²) in [4.78, 5) is 0. The molecular weight excluding hydrogens is 138 g/mol. The number of nitrogens with two attached hydrogens (primary N) is 1. The van der Waals surface area contributed by atoms with Gasteiger partial charge in [0.2, 0.25) is 0 Å². The molecular formula is C6H16ClNO. The van der Waals surface area contributed by atoms with Crippen LogP contribution in [0.2, 0.25) is 0 Å². The standard InChI is InChI=1S/C6H15NO.ClH/c1-2-8-6-4-3-5-7;/h2-7H2,1H3;1H. The van der Waals surface area contributed by atoms with Crippen LogP contribution in [0.4, 0.5) is 0 Å². The number of halogens is 1. The Morgan fingerprint density at radius 2 is 2.00 bits per heavy atom. The Hall–Kier alpha value is 0.210. The molecule has 0 aromatic carbocycles. The Morgan fingerprint density at radius 1 is 1.33 bits per heavy atom. The highest BCUT2D eigenvalue weighted by molar-refractivity contribution is 5.85. The highest BCUT2D eigenvalue weighted by atomic mass is 35.5. The van der Waals surface area contributed by atoms with E-state index >= 15 is 0 Å². The molecule has 3 heteroatoms. The lowest BCUT2D eigenvalue weighted by Gasteiger charge is -1.96. The minimum atomic E-state index is 0. The zero-order chi connectivity index (χ0) is 6.24. The molecule has 0 amide bonds. The minimum Gasteiger partial charge on any atom is -0.382 e. The van der Waals surface area contributed by atoms with Crippen LogP contribution in [-0.4, -0.2) is 19.8 Å². The molecule has 0 bridgehead atoms. The highest BCUT2D eigenvalue weighted by Crippen LogP contribution is 1.85. The zero-order valence-corrected chi connectivity index (χ0v) is 6.75. The number of ether oxygens (including phenoxy) is 1. The summed E-state index contributed by atoms with van der Waals surface area (Å²) in [6.45, 7) is 4.48. The predicted molar refractivity (Wildman–Crippen MR) is 42.0 cm³/mol. The normalized spacial score (nSPS) is 8.67. The fraction of sp³-hybridized carbons (Fsp3) is 1.00. The van der Waals surface area contributed by atoms with Crippen molar-refractivity contribution in [2.45, 2.75) is 19.8 Å². The van der Waals surface area contributed by atoms with Gasteiger partial charge in [0.05, 0.1) is 0 Å². The van der Waals surface area contributed by atoms with E-state index in [4.69, 9.17) is 10.5 Å². The monoisotopic (exact) mass is 153 g/mol. The Morgan fingerprint density at radius 3 is 2.44 bits per heavy atom. The van der Waals surface area contributed by atoms with Gasteiger partial charge in [-0.3, -0.25) is 0 Å². The summed E-state index contributed by atoms with van der Waals surface area (Å²) < 4.78 is 5.08. The highest BCUT2D eigenvalue weighted by Gasteiger charge is 1.82. The molecule has 0 fully saturated rings. The molecule has 2 N–H and O–H groups in total. The lowest BCUT2D eigenvalue weighted by molar-refractivity contribution is 0.144. The average molecular weight is 154 g/mol. The summed E-state index contributed by atoms with van der Waals surface area (Å²) in [7, 11) is 0. The molecule has 0 heterocycles. The molecule has 0 aliphatic carbocycles. The van der Waals surface area contributed by atoms with Crippen LogP contribution in [0.25, 0.3) is 0 Å². The first kappa shape index (κ1) is 11.9. The first-order valence-corrected chi connectivity index (χ1v) is 3.19. The van der Waals surface area contributed by atoms with Gasteiger partial charge in [0.1, 0.15) is 0 Å². The first-order chi connectivity index (χ1) is 3.91. The van der Waals surface area contributed by atoms with Gasteiger partial charge >= 0.3 is 0 Å². The molecule has 0 unspecified atom stereocenters. The maximum Gasteiger partial charge on any atom is 0.0466 e. The van der Waals surface area contributed by atoms with E-state index in [0.29, 0.717) is 0 Å². The molecule has 0 aromatic heterocycles. The van der Waals surface area contributed by atoms with Gasteiger partial charge < -0.3 is 10.5 Å². The molecule has 0 atom stereocenters. The van der Waals surface area contributed by atoms with Crippen LogP contribution in [0, 0.1) is 0 Å². The molecule has 0 aliphatic rings. The molecule has 0 aromatic rings. The van der Waals surface area contributed by atoms with Crippen LogP contribution >= 0.6 is 12.4 Å². The Bertz CT molecular complexity index is 38.0. The number of unbranched alkanes of at least 4 members (excludes halogenated alkanes) is 1. The smallest absolute Gasteiger partial charge is 0.0466 e. The molecule has 0 rings (SSSR count). The van der Waals surface area contributed by atoms with Crippen molar-refractivity contribution in [1.29, 1.82) is 0 Å². The molecule has 0 spiro atoms. The van der Waals surface area contributed by atoms with E-state index in [-0.39, 0.29) is 12.4 Å². The van der Waals surface area contributed by atoms with Gasteiger partial charge in [0.25, 0.3) is 0 Å². The van der Waals surface area contributed by atoms with Crippen LogP contribution in [0.5, 0.6) is 0 Å². The first-order valence-electron chi connectivity index (χ1n) is 3.19. The number of rotatable bonds is 5. The third-order valence-corrected chi connectivity index (χ3v) is 0.947. The van der Waals surface area contributed by atoms with Crippen molar-refractivity contribution in [1.82, 2.24) is 0 Å². The van der Waals surface area contributed by atoms with Crippen LogP contribution < -0.4 is 5.73 Å². The second kappa shape index (κ2) is 11.1. The van der Waals surface area contributed by atoms with Crippen molar-refractivity contribution in [3.05, 3.63) is 0 Å². The van der Waals surface area contributed by atoms with Gasteiger partial charge in [-0.15, -0.1) is 12.4 Å². The van der Waals surface area contributed by atoms with Crippen molar-refractivity contribution in [3.63, 3.8) is 0 Å². The predicted octanol–water partition coefficient (Wildman–Crippen LogP) is 1.18. The molecule has 0 aliphatic heterocycles. The fourth-order valence-corrected chi connectivity index (χ4v) is 0.493. The van der Waals surface area contributed by atoms with Crippen LogP contribution in [0.1, 0.15) is 19.8 Å². The third-order valence-electron chi connectivity index (χ3n) is 0.947. The summed E-state index contributed by atoms with van der Waals surface area (Å²) in [5.74, 6) is 0. The van der Waals surface area contributed by atoms with Crippen LogP contribution in [0.3, 0.4) is 0 Å². The third kappa shape index (κ3) is 11.7. The van der Waals surface area contributed by atoms with E-state index in [1.807, 2.05) is 6.92 Å². The lowest BCUT2D eigenvalue weighted by Crippen LogP contribution is -2.01. The summed E-state index contributed by atoms with van der Waals surface area (Å²) in [5, 5.41) is 0. The second-order valence-corrected chi connectivity index (χ2v) is 1.69. The van der Waals surface area contributed by atoms with Crippen LogP contribution in [-0.2, 0) is 4.74 Å². The van der Waals surface area contributed by atoms with Crippen molar-refractivity contribution in [2.75, 3.05) is 19.8 Å².